The zero-order valence-corrected chi connectivity index (χ0v) is 18.3. The average molecular weight is 421 g/mol. The molecule has 1 aliphatic heterocycles. The summed E-state index contributed by atoms with van der Waals surface area (Å²) in [5.41, 5.74) is 3.31. The number of likely N-dealkylation sites (tertiary alicyclic amines) is 1. The number of carbonyl (C=O) groups excluding carboxylic acids is 1. The van der Waals surface area contributed by atoms with Crippen LogP contribution in [-0.2, 0) is 4.79 Å². The van der Waals surface area contributed by atoms with E-state index in [1.54, 1.807) is 11.8 Å². The Labute approximate surface area is 182 Å². The molecule has 5 nitrogen and oxygen atoms in total. The number of rotatable bonds is 7. The molecular formula is C24H28N4OS. The van der Waals surface area contributed by atoms with Crippen LogP contribution in [0.5, 0.6) is 0 Å². The molecule has 156 valence electrons. The van der Waals surface area contributed by atoms with Crippen molar-refractivity contribution in [2.45, 2.75) is 44.2 Å². The Morgan fingerprint density at radius 3 is 2.43 bits per heavy atom. The van der Waals surface area contributed by atoms with Crippen molar-refractivity contribution in [3.63, 3.8) is 0 Å². The van der Waals surface area contributed by atoms with Crippen LogP contribution in [0, 0.1) is 6.92 Å². The van der Waals surface area contributed by atoms with Crippen molar-refractivity contribution in [3.05, 3.63) is 60.2 Å². The van der Waals surface area contributed by atoms with Crippen LogP contribution in [0.25, 0.3) is 17.1 Å². The standard InChI is InChI=1S/C24H28N4OS/c1-19-12-14-21(15-13-19)28-23(20-9-4-2-5-10-20)25-26-24(28)30-18-8-11-22(29)27-16-6-3-7-17-27/h2,4-5,9-10,12-15H,3,6-8,11,16-18H2,1H3. The first kappa shape index (κ1) is 20.7. The number of piperidine rings is 1. The largest absolute Gasteiger partial charge is 0.343 e. The summed E-state index contributed by atoms with van der Waals surface area (Å²) in [6.07, 6.45) is 4.99. The van der Waals surface area contributed by atoms with Crippen molar-refractivity contribution in [3.8, 4) is 17.1 Å². The number of amides is 1. The highest BCUT2D eigenvalue weighted by Crippen LogP contribution is 2.28. The van der Waals surface area contributed by atoms with Crippen molar-refractivity contribution < 1.29 is 4.79 Å². The Balaban J connectivity index is 1.47. The maximum atomic E-state index is 12.4. The molecule has 0 radical (unpaired) electrons. The van der Waals surface area contributed by atoms with E-state index in [1.165, 1.54) is 12.0 Å². The second-order valence-electron chi connectivity index (χ2n) is 7.74. The van der Waals surface area contributed by atoms with Crippen molar-refractivity contribution >= 4 is 17.7 Å². The summed E-state index contributed by atoms with van der Waals surface area (Å²) in [5.74, 6) is 1.98. The van der Waals surface area contributed by atoms with Gasteiger partial charge in [0, 0.05) is 36.5 Å². The summed E-state index contributed by atoms with van der Waals surface area (Å²) in [6.45, 7) is 3.94. The van der Waals surface area contributed by atoms with Crippen LogP contribution < -0.4 is 0 Å². The third-order valence-corrected chi connectivity index (χ3v) is 6.45. The topological polar surface area (TPSA) is 51.0 Å². The summed E-state index contributed by atoms with van der Waals surface area (Å²) in [4.78, 5) is 14.4. The second-order valence-corrected chi connectivity index (χ2v) is 8.80. The third-order valence-electron chi connectivity index (χ3n) is 5.43. The average Bonchev–Trinajstić information content (AvgIpc) is 3.22. The zero-order valence-electron chi connectivity index (χ0n) is 17.5. The number of thioether (sulfide) groups is 1. The van der Waals surface area contributed by atoms with E-state index >= 15 is 0 Å². The van der Waals surface area contributed by atoms with Crippen LogP contribution in [0.2, 0.25) is 0 Å². The van der Waals surface area contributed by atoms with Gasteiger partial charge in [-0.25, -0.2) is 0 Å². The molecule has 3 aromatic rings. The van der Waals surface area contributed by atoms with Crippen LogP contribution in [0.1, 0.15) is 37.7 Å². The van der Waals surface area contributed by atoms with Gasteiger partial charge < -0.3 is 4.90 Å². The number of benzene rings is 2. The van der Waals surface area contributed by atoms with Gasteiger partial charge in [-0.15, -0.1) is 10.2 Å². The highest BCUT2D eigenvalue weighted by Gasteiger charge is 2.18. The van der Waals surface area contributed by atoms with Crippen LogP contribution >= 0.6 is 11.8 Å². The molecule has 0 atom stereocenters. The molecule has 0 N–H and O–H groups in total. The lowest BCUT2D eigenvalue weighted by Gasteiger charge is -2.26. The van der Waals surface area contributed by atoms with Crippen LogP contribution in [-0.4, -0.2) is 44.4 Å². The molecule has 1 aromatic heterocycles. The van der Waals surface area contributed by atoms with Crippen molar-refractivity contribution in [1.82, 2.24) is 19.7 Å². The van der Waals surface area contributed by atoms with Crippen molar-refractivity contribution in [1.29, 1.82) is 0 Å². The maximum absolute atomic E-state index is 12.4. The summed E-state index contributed by atoms with van der Waals surface area (Å²) in [7, 11) is 0. The normalized spacial score (nSPS) is 14.1. The van der Waals surface area contributed by atoms with Gasteiger partial charge in [-0.05, 0) is 44.7 Å². The summed E-state index contributed by atoms with van der Waals surface area (Å²) >= 11 is 1.67. The molecule has 6 heteroatoms. The van der Waals surface area contributed by atoms with E-state index in [2.05, 4.69) is 58.1 Å². The number of aryl methyl sites for hydroxylation is 1. The zero-order chi connectivity index (χ0) is 20.8. The minimum absolute atomic E-state index is 0.292. The van der Waals surface area contributed by atoms with E-state index in [1.807, 2.05) is 23.1 Å². The van der Waals surface area contributed by atoms with Gasteiger partial charge >= 0.3 is 0 Å². The third kappa shape index (κ3) is 4.93. The van der Waals surface area contributed by atoms with Gasteiger partial charge in [0.25, 0.3) is 0 Å². The molecule has 1 saturated heterocycles. The lowest BCUT2D eigenvalue weighted by atomic mass is 10.1. The molecule has 1 amide bonds. The van der Waals surface area contributed by atoms with E-state index in [0.717, 1.165) is 60.3 Å². The quantitative estimate of drug-likeness (QED) is 0.393. The van der Waals surface area contributed by atoms with Crippen LogP contribution in [0.3, 0.4) is 0 Å². The smallest absolute Gasteiger partial charge is 0.222 e. The van der Waals surface area contributed by atoms with Crippen molar-refractivity contribution in [2.24, 2.45) is 0 Å². The van der Waals surface area contributed by atoms with E-state index < -0.39 is 0 Å². The molecule has 2 aromatic carbocycles. The van der Waals surface area contributed by atoms with Crippen LogP contribution in [0.15, 0.2) is 59.8 Å². The van der Waals surface area contributed by atoms with Crippen molar-refractivity contribution in [2.75, 3.05) is 18.8 Å². The lowest BCUT2D eigenvalue weighted by molar-refractivity contribution is -0.132. The fraction of sp³-hybridized carbons (Fsp3) is 0.375. The fourth-order valence-electron chi connectivity index (χ4n) is 3.75. The Bertz CT molecular complexity index is 963. The van der Waals surface area contributed by atoms with Gasteiger partial charge in [-0.1, -0.05) is 59.8 Å². The summed E-state index contributed by atoms with van der Waals surface area (Å²) in [6, 6.07) is 18.6. The predicted octanol–water partition coefficient (Wildman–Crippen LogP) is 5.13. The SMILES string of the molecule is Cc1ccc(-n2c(SCCCC(=O)N3CCCCC3)nnc2-c2ccccc2)cc1. The molecule has 0 bridgehead atoms. The molecule has 0 saturated carbocycles. The summed E-state index contributed by atoms with van der Waals surface area (Å²) < 4.78 is 2.12. The Morgan fingerprint density at radius 2 is 1.70 bits per heavy atom. The Kier molecular flexibility index (Phi) is 6.84. The first-order valence-corrected chi connectivity index (χ1v) is 11.7. The monoisotopic (exact) mass is 420 g/mol. The van der Waals surface area contributed by atoms with E-state index in [0.29, 0.717) is 12.3 Å². The number of nitrogens with zero attached hydrogens (tertiary/aromatic N) is 4. The van der Waals surface area contributed by atoms with Gasteiger partial charge in [-0.3, -0.25) is 9.36 Å². The van der Waals surface area contributed by atoms with E-state index in [9.17, 15) is 4.79 Å². The first-order valence-electron chi connectivity index (χ1n) is 10.7. The fourth-order valence-corrected chi connectivity index (χ4v) is 4.64. The Morgan fingerprint density at radius 1 is 0.967 bits per heavy atom. The van der Waals surface area contributed by atoms with Gasteiger partial charge in [0.2, 0.25) is 5.91 Å². The molecule has 1 aliphatic rings. The lowest BCUT2D eigenvalue weighted by Crippen LogP contribution is -2.35. The Hall–Kier alpha value is -2.60. The number of hydrogen-bond donors (Lipinski definition) is 0. The van der Waals surface area contributed by atoms with E-state index in [-0.39, 0.29) is 0 Å². The first-order chi connectivity index (χ1) is 14.7. The number of aromatic nitrogens is 3. The predicted molar refractivity (Wildman–Crippen MR) is 122 cm³/mol. The molecule has 0 unspecified atom stereocenters. The second kappa shape index (κ2) is 9.94. The molecule has 30 heavy (non-hydrogen) atoms. The molecule has 0 aliphatic carbocycles. The molecular weight excluding hydrogens is 392 g/mol. The number of hydrogen-bond acceptors (Lipinski definition) is 4. The molecule has 2 heterocycles. The van der Waals surface area contributed by atoms with Gasteiger partial charge in [0.05, 0.1) is 0 Å². The minimum atomic E-state index is 0.292. The van der Waals surface area contributed by atoms with Gasteiger partial charge in [0.15, 0.2) is 11.0 Å². The minimum Gasteiger partial charge on any atom is -0.343 e. The molecule has 0 spiro atoms. The highest BCUT2D eigenvalue weighted by atomic mass is 32.2. The van der Waals surface area contributed by atoms with Gasteiger partial charge in [0.1, 0.15) is 0 Å². The van der Waals surface area contributed by atoms with Crippen LogP contribution in [0.4, 0.5) is 0 Å². The maximum Gasteiger partial charge on any atom is 0.222 e. The number of carbonyl (C=O) groups is 1. The molecule has 4 rings (SSSR count). The van der Waals surface area contributed by atoms with E-state index in [4.69, 9.17) is 0 Å². The highest BCUT2D eigenvalue weighted by molar-refractivity contribution is 7.99. The summed E-state index contributed by atoms with van der Waals surface area (Å²) in [5, 5.41) is 9.83. The van der Waals surface area contributed by atoms with Gasteiger partial charge in [-0.2, -0.15) is 0 Å². The molecule has 1 fully saturated rings.